The smallest absolute Gasteiger partial charge is 0.373 e. The highest BCUT2D eigenvalue weighted by Crippen LogP contribution is 2.30. The Kier molecular flexibility index (Phi) is 6.52. The average Bonchev–Trinajstić information content (AvgIpc) is 2.76. The van der Waals surface area contributed by atoms with Crippen LogP contribution in [0.25, 0.3) is 0 Å². The van der Waals surface area contributed by atoms with Crippen LogP contribution in [0, 0.1) is 5.92 Å². The van der Waals surface area contributed by atoms with Crippen molar-refractivity contribution < 1.29 is 32.2 Å². The molecule has 2 atom stereocenters. The van der Waals surface area contributed by atoms with Crippen molar-refractivity contribution >= 4 is 11.8 Å². The molecule has 3 heterocycles. The summed E-state index contributed by atoms with van der Waals surface area (Å²) >= 11 is 0. The molecule has 3 fully saturated rings. The molecule has 0 spiro atoms. The van der Waals surface area contributed by atoms with Crippen LogP contribution < -0.4 is 0 Å². The maximum atomic E-state index is 12.9. The van der Waals surface area contributed by atoms with E-state index in [-0.39, 0.29) is 43.2 Å². The van der Waals surface area contributed by atoms with E-state index in [9.17, 15) is 22.8 Å². The minimum Gasteiger partial charge on any atom is -0.373 e. The van der Waals surface area contributed by atoms with Crippen molar-refractivity contribution in [1.82, 2.24) is 9.80 Å². The summed E-state index contributed by atoms with van der Waals surface area (Å²) < 4.78 is 49.4. The van der Waals surface area contributed by atoms with Crippen LogP contribution >= 0.6 is 0 Å². The number of ether oxygens (including phenoxy) is 2. The van der Waals surface area contributed by atoms with Gasteiger partial charge in [0.2, 0.25) is 0 Å². The summed E-state index contributed by atoms with van der Waals surface area (Å²) in [6.07, 6.45) is -1.67. The lowest BCUT2D eigenvalue weighted by Gasteiger charge is -2.43. The molecule has 4 rings (SSSR count). The Balaban J connectivity index is 1.21. The number of carbonyl (C=O) groups excluding carboxylic acids is 2. The topological polar surface area (TPSA) is 59.1 Å². The Hall–Kier alpha value is -2.13. The number of piperidine rings is 2. The SMILES string of the molecule is O=C1CO[C@H]2CCN(C(=O)N3CCC(OCc4ccc(C(F)(F)F)cc4)CC3)C[C@H]2C1. The van der Waals surface area contributed by atoms with E-state index < -0.39 is 11.7 Å². The van der Waals surface area contributed by atoms with Crippen LogP contribution in [0.15, 0.2) is 24.3 Å². The van der Waals surface area contributed by atoms with Gasteiger partial charge in [-0.15, -0.1) is 0 Å². The molecule has 170 valence electrons. The fourth-order valence-corrected chi connectivity index (χ4v) is 4.57. The van der Waals surface area contributed by atoms with Gasteiger partial charge < -0.3 is 19.3 Å². The van der Waals surface area contributed by atoms with Gasteiger partial charge in [-0.25, -0.2) is 4.79 Å². The minimum atomic E-state index is -4.34. The molecule has 2 amide bonds. The molecule has 3 aliphatic rings. The molecule has 0 bridgehead atoms. The number of hydrogen-bond donors (Lipinski definition) is 0. The number of nitrogens with zero attached hydrogens (tertiary/aromatic N) is 2. The average molecular weight is 440 g/mol. The minimum absolute atomic E-state index is 0.00216. The second-order valence-electron chi connectivity index (χ2n) is 8.56. The molecule has 0 N–H and O–H groups in total. The van der Waals surface area contributed by atoms with Crippen LogP contribution in [0.3, 0.4) is 0 Å². The summed E-state index contributed by atoms with van der Waals surface area (Å²) in [6, 6.07) is 5.00. The Morgan fingerprint density at radius 2 is 1.74 bits per heavy atom. The van der Waals surface area contributed by atoms with Crippen LogP contribution in [0.1, 0.15) is 36.8 Å². The monoisotopic (exact) mass is 440 g/mol. The van der Waals surface area contributed by atoms with Crippen molar-refractivity contribution in [2.75, 3.05) is 32.8 Å². The highest BCUT2D eigenvalue weighted by Gasteiger charge is 2.38. The molecule has 0 aromatic heterocycles. The number of amides is 2. The van der Waals surface area contributed by atoms with E-state index in [2.05, 4.69) is 0 Å². The number of benzene rings is 1. The van der Waals surface area contributed by atoms with Gasteiger partial charge in [0.25, 0.3) is 0 Å². The first kappa shape index (κ1) is 22.1. The second-order valence-corrected chi connectivity index (χ2v) is 8.56. The van der Waals surface area contributed by atoms with Crippen molar-refractivity contribution in [3.8, 4) is 0 Å². The Morgan fingerprint density at radius 3 is 2.42 bits per heavy atom. The molecule has 0 aliphatic carbocycles. The van der Waals surface area contributed by atoms with Gasteiger partial charge in [-0.2, -0.15) is 13.2 Å². The Labute approximate surface area is 179 Å². The molecule has 0 saturated carbocycles. The summed E-state index contributed by atoms with van der Waals surface area (Å²) in [5, 5.41) is 0. The normalized spacial score (nSPS) is 25.5. The van der Waals surface area contributed by atoms with Crippen LogP contribution in [0.2, 0.25) is 0 Å². The van der Waals surface area contributed by atoms with Crippen molar-refractivity contribution in [3.05, 3.63) is 35.4 Å². The van der Waals surface area contributed by atoms with Crippen molar-refractivity contribution in [2.45, 2.75) is 50.7 Å². The lowest BCUT2D eigenvalue weighted by Crippen LogP contribution is -2.55. The Morgan fingerprint density at radius 1 is 1.06 bits per heavy atom. The molecule has 1 aromatic carbocycles. The highest BCUT2D eigenvalue weighted by atomic mass is 19.4. The van der Waals surface area contributed by atoms with Gasteiger partial charge >= 0.3 is 12.2 Å². The number of urea groups is 1. The molecule has 3 aliphatic heterocycles. The molecule has 0 unspecified atom stereocenters. The van der Waals surface area contributed by atoms with E-state index in [1.807, 2.05) is 9.80 Å². The number of fused-ring (bicyclic) bond motifs is 1. The molecule has 3 saturated heterocycles. The van der Waals surface area contributed by atoms with Gasteiger partial charge in [0.15, 0.2) is 5.78 Å². The molecule has 6 nitrogen and oxygen atoms in total. The summed E-state index contributed by atoms with van der Waals surface area (Å²) in [7, 11) is 0. The van der Waals surface area contributed by atoms with Gasteiger partial charge in [0.05, 0.1) is 24.4 Å². The van der Waals surface area contributed by atoms with Crippen LogP contribution in [0.4, 0.5) is 18.0 Å². The van der Waals surface area contributed by atoms with Gasteiger partial charge in [0, 0.05) is 38.5 Å². The number of halogens is 3. The number of Topliss-reactive ketones (excluding diaryl/α,β-unsaturated/α-hetero) is 1. The number of carbonyl (C=O) groups is 2. The zero-order valence-corrected chi connectivity index (χ0v) is 17.3. The second kappa shape index (κ2) is 9.16. The maximum absolute atomic E-state index is 12.9. The third-order valence-corrected chi connectivity index (χ3v) is 6.36. The molecule has 31 heavy (non-hydrogen) atoms. The fraction of sp³-hybridized carbons (Fsp3) is 0.636. The van der Waals surface area contributed by atoms with Crippen LogP contribution in [0.5, 0.6) is 0 Å². The highest BCUT2D eigenvalue weighted by molar-refractivity contribution is 5.81. The molecular weight excluding hydrogens is 413 g/mol. The fourth-order valence-electron chi connectivity index (χ4n) is 4.57. The van der Waals surface area contributed by atoms with E-state index in [1.54, 1.807) is 0 Å². The van der Waals surface area contributed by atoms with E-state index in [0.29, 0.717) is 51.0 Å². The molecule has 1 aromatic rings. The third-order valence-electron chi connectivity index (χ3n) is 6.36. The zero-order valence-electron chi connectivity index (χ0n) is 17.3. The number of ketones is 1. The van der Waals surface area contributed by atoms with Crippen molar-refractivity contribution in [1.29, 1.82) is 0 Å². The third kappa shape index (κ3) is 5.38. The predicted octanol–water partition coefficient (Wildman–Crippen LogP) is 3.49. The maximum Gasteiger partial charge on any atom is 0.416 e. The zero-order chi connectivity index (χ0) is 22.0. The van der Waals surface area contributed by atoms with E-state index in [0.717, 1.165) is 18.6 Å². The summed E-state index contributed by atoms with van der Waals surface area (Å²) in [5.74, 6) is 0.185. The van der Waals surface area contributed by atoms with E-state index in [4.69, 9.17) is 9.47 Å². The largest absolute Gasteiger partial charge is 0.416 e. The van der Waals surface area contributed by atoms with Gasteiger partial charge in [0.1, 0.15) is 6.61 Å². The standard InChI is InChI=1S/C22H27F3N2O4/c23-22(24,25)17-3-1-15(2-4-17)13-30-19-5-8-26(9-6-19)21(29)27-10-7-20-16(12-27)11-18(28)14-31-20/h1-4,16,19-20H,5-14H2/t16-,20+/m1/s1. The van der Waals surface area contributed by atoms with Gasteiger partial charge in [-0.05, 0) is 37.0 Å². The number of hydrogen-bond acceptors (Lipinski definition) is 4. The summed E-state index contributed by atoms with van der Waals surface area (Å²) in [4.78, 5) is 28.2. The number of likely N-dealkylation sites (tertiary alicyclic amines) is 2. The number of rotatable bonds is 3. The molecular formula is C22H27F3N2O4. The summed E-state index contributed by atoms with van der Waals surface area (Å²) in [5.41, 5.74) is 0.0230. The first-order chi connectivity index (χ1) is 14.8. The van der Waals surface area contributed by atoms with Crippen molar-refractivity contribution in [3.63, 3.8) is 0 Å². The number of alkyl halides is 3. The van der Waals surface area contributed by atoms with E-state index in [1.165, 1.54) is 12.1 Å². The summed E-state index contributed by atoms with van der Waals surface area (Å²) in [6.45, 7) is 2.79. The lowest BCUT2D eigenvalue weighted by molar-refractivity contribution is -0.140. The van der Waals surface area contributed by atoms with Crippen LogP contribution in [-0.4, -0.2) is 66.6 Å². The molecule has 0 radical (unpaired) electrons. The van der Waals surface area contributed by atoms with E-state index >= 15 is 0 Å². The first-order valence-electron chi connectivity index (χ1n) is 10.7. The van der Waals surface area contributed by atoms with Gasteiger partial charge in [-0.1, -0.05) is 12.1 Å². The Bertz CT molecular complexity index is 791. The van der Waals surface area contributed by atoms with Crippen LogP contribution in [-0.2, 0) is 27.1 Å². The lowest BCUT2D eigenvalue weighted by atomic mass is 9.88. The van der Waals surface area contributed by atoms with Crippen molar-refractivity contribution in [2.24, 2.45) is 5.92 Å². The quantitative estimate of drug-likeness (QED) is 0.722. The first-order valence-corrected chi connectivity index (χ1v) is 10.7. The van der Waals surface area contributed by atoms with Gasteiger partial charge in [-0.3, -0.25) is 4.79 Å². The predicted molar refractivity (Wildman–Crippen MR) is 105 cm³/mol. The molecule has 9 heteroatoms.